The normalized spacial score (nSPS) is 19.1. The highest BCUT2D eigenvalue weighted by Crippen LogP contribution is 2.28. The highest BCUT2D eigenvalue weighted by atomic mass is 16.2. The van der Waals surface area contributed by atoms with E-state index in [1.54, 1.807) is 11.1 Å². The van der Waals surface area contributed by atoms with Gasteiger partial charge in [0.1, 0.15) is 11.6 Å². The average Bonchev–Trinajstić information content (AvgIpc) is 2.58. The number of nitriles is 1. The molecule has 2 N–H and O–H groups in total. The van der Waals surface area contributed by atoms with Crippen LogP contribution in [0.2, 0.25) is 0 Å². The molecule has 5 nitrogen and oxygen atoms in total. The number of nitrogens with zero attached hydrogens (tertiary/aromatic N) is 2. The molecule has 1 aliphatic rings. The highest BCUT2D eigenvalue weighted by Gasteiger charge is 2.37. The summed E-state index contributed by atoms with van der Waals surface area (Å²) in [6.07, 6.45) is 3.47. The van der Waals surface area contributed by atoms with Crippen molar-refractivity contribution in [2.75, 3.05) is 0 Å². The number of hydrogen-bond donors (Lipinski definition) is 2. The minimum Gasteiger partial charge on any atom is -0.387 e. The van der Waals surface area contributed by atoms with Crippen LogP contribution in [0.3, 0.4) is 0 Å². The molecule has 1 fully saturated rings. The van der Waals surface area contributed by atoms with Gasteiger partial charge in [-0.3, -0.25) is 4.79 Å². The Morgan fingerprint density at radius 2 is 1.82 bits per heavy atom. The Bertz CT molecular complexity index is 728. The first-order valence-corrected chi connectivity index (χ1v) is 10.0. The molecule has 5 heteroatoms. The van der Waals surface area contributed by atoms with Crippen molar-refractivity contribution in [1.82, 2.24) is 15.5 Å². The van der Waals surface area contributed by atoms with Crippen LogP contribution < -0.4 is 10.6 Å². The Kier molecular flexibility index (Phi) is 6.90. The molecule has 0 bridgehead atoms. The standard InChI is InChI=1S/C23H34N4O/c1-17(2)27(16-18-10-8-7-9-11-18)21(28)19(14-24)15-25-20-12-22(3,4)26-23(5,6)13-20/h7-11,15,17,20,25-26H,12-13,16H2,1-6H3/b19-15-. The number of hydrogen-bond acceptors (Lipinski definition) is 4. The molecule has 0 unspecified atom stereocenters. The number of carbonyl (C=O) groups is 1. The molecule has 152 valence electrons. The maximum atomic E-state index is 13.0. The van der Waals surface area contributed by atoms with E-state index in [-0.39, 0.29) is 34.6 Å². The van der Waals surface area contributed by atoms with E-state index in [4.69, 9.17) is 0 Å². The van der Waals surface area contributed by atoms with E-state index < -0.39 is 0 Å². The second-order valence-corrected chi connectivity index (χ2v) is 9.35. The average molecular weight is 383 g/mol. The molecule has 0 atom stereocenters. The Hall–Kier alpha value is -2.32. The van der Waals surface area contributed by atoms with Crippen molar-refractivity contribution in [1.29, 1.82) is 5.26 Å². The van der Waals surface area contributed by atoms with Gasteiger partial charge in [0, 0.05) is 35.9 Å². The lowest BCUT2D eigenvalue weighted by atomic mass is 9.79. The molecule has 0 radical (unpaired) electrons. The molecular formula is C23H34N4O. The molecule has 1 heterocycles. The Balaban J connectivity index is 2.13. The summed E-state index contributed by atoms with van der Waals surface area (Å²) in [6, 6.07) is 12.2. The topological polar surface area (TPSA) is 68.2 Å². The zero-order valence-corrected chi connectivity index (χ0v) is 18.0. The molecule has 1 aromatic carbocycles. The highest BCUT2D eigenvalue weighted by molar-refractivity contribution is 5.97. The lowest BCUT2D eigenvalue weighted by Gasteiger charge is -2.46. The van der Waals surface area contributed by atoms with Gasteiger partial charge in [0.05, 0.1) is 0 Å². The molecule has 2 rings (SSSR count). The van der Waals surface area contributed by atoms with Crippen LogP contribution in [0.15, 0.2) is 42.1 Å². The van der Waals surface area contributed by atoms with Crippen LogP contribution >= 0.6 is 0 Å². The fraction of sp³-hybridized carbons (Fsp3) is 0.565. The molecule has 1 amide bonds. The number of benzene rings is 1. The predicted molar refractivity (Wildman–Crippen MR) is 113 cm³/mol. The van der Waals surface area contributed by atoms with Gasteiger partial charge in [-0.15, -0.1) is 0 Å². The van der Waals surface area contributed by atoms with Crippen molar-refractivity contribution in [2.45, 2.75) is 84.1 Å². The van der Waals surface area contributed by atoms with Gasteiger partial charge >= 0.3 is 0 Å². The zero-order valence-electron chi connectivity index (χ0n) is 18.0. The van der Waals surface area contributed by atoms with E-state index in [9.17, 15) is 10.1 Å². The van der Waals surface area contributed by atoms with Crippen molar-refractivity contribution in [3.8, 4) is 6.07 Å². The molecule has 1 saturated heterocycles. The van der Waals surface area contributed by atoms with Gasteiger partial charge in [0.15, 0.2) is 0 Å². The fourth-order valence-electron chi connectivity index (χ4n) is 4.21. The van der Waals surface area contributed by atoms with Crippen LogP contribution in [0.25, 0.3) is 0 Å². The predicted octanol–water partition coefficient (Wildman–Crippen LogP) is 3.73. The lowest BCUT2D eigenvalue weighted by molar-refractivity contribution is -0.129. The summed E-state index contributed by atoms with van der Waals surface area (Å²) in [7, 11) is 0. The molecule has 1 aliphatic heterocycles. The summed E-state index contributed by atoms with van der Waals surface area (Å²) >= 11 is 0. The summed E-state index contributed by atoms with van der Waals surface area (Å²) in [6.45, 7) is 13.2. The van der Waals surface area contributed by atoms with Crippen LogP contribution in [0.5, 0.6) is 0 Å². The second-order valence-electron chi connectivity index (χ2n) is 9.35. The van der Waals surface area contributed by atoms with Crippen molar-refractivity contribution in [3.63, 3.8) is 0 Å². The van der Waals surface area contributed by atoms with E-state index in [0.717, 1.165) is 18.4 Å². The van der Waals surface area contributed by atoms with Crippen LogP contribution in [0.4, 0.5) is 0 Å². The number of piperidine rings is 1. The summed E-state index contributed by atoms with van der Waals surface area (Å²) in [5, 5.41) is 16.6. The first-order chi connectivity index (χ1) is 13.0. The van der Waals surface area contributed by atoms with E-state index in [1.807, 2.05) is 44.2 Å². The van der Waals surface area contributed by atoms with Gasteiger partial charge in [0.25, 0.3) is 5.91 Å². The van der Waals surface area contributed by atoms with E-state index in [1.165, 1.54) is 0 Å². The maximum absolute atomic E-state index is 13.0. The third kappa shape index (κ3) is 6.10. The fourth-order valence-corrected chi connectivity index (χ4v) is 4.21. The van der Waals surface area contributed by atoms with E-state index >= 15 is 0 Å². The molecular weight excluding hydrogens is 348 g/mol. The van der Waals surface area contributed by atoms with E-state index in [2.05, 4.69) is 44.4 Å². The summed E-state index contributed by atoms with van der Waals surface area (Å²) in [5.41, 5.74) is 1.21. The minimum atomic E-state index is -0.235. The number of carbonyl (C=O) groups excluding carboxylic acids is 1. The smallest absolute Gasteiger partial charge is 0.266 e. The molecule has 0 spiro atoms. The van der Waals surface area contributed by atoms with E-state index in [0.29, 0.717) is 6.54 Å². The van der Waals surface area contributed by atoms with Gasteiger partial charge in [-0.25, -0.2) is 0 Å². The zero-order chi connectivity index (χ0) is 20.9. The third-order valence-corrected chi connectivity index (χ3v) is 5.08. The Labute approximate surface area is 169 Å². The third-order valence-electron chi connectivity index (χ3n) is 5.08. The van der Waals surface area contributed by atoms with Gasteiger partial charge < -0.3 is 15.5 Å². The molecule has 0 aromatic heterocycles. The largest absolute Gasteiger partial charge is 0.387 e. The Morgan fingerprint density at radius 1 is 1.25 bits per heavy atom. The van der Waals surface area contributed by atoms with Crippen LogP contribution in [0, 0.1) is 11.3 Å². The van der Waals surface area contributed by atoms with Gasteiger partial charge in [-0.05, 0) is 59.9 Å². The lowest BCUT2D eigenvalue weighted by Crippen LogP contribution is -2.61. The second kappa shape index (κ2) is 8.79. The van der Waals surface area contributed by atoms with Gasteiger partial charge in [-0.1, -0.05) is 30.3 Å². The van der Waals surface area contributed by atoms with Crippen molar-refractivity contribution >= 4 is 5.91 Å². The van der Waals surface area contributed by atoms with Crippen LogP contribution in [-0.2, 0) is 11.3 Å². The maximum Gasteiger partial charge on any atom is 0.266 e. The molecule has 1 aromatic rings. The quantitative estimate of drug-likeness (QED) is 0.581. The summed E-state index contributed by atoms with van der Waals surface area (Å²) in [5.74, 6) is -0.235. The number of rotatable bonds is 6. The molecule has 0 saturated carbocycles. The monoisotopic (exact) mass is 382 g/mol. The van der Waals surface area contributed by atoms with Crippen molar-refractivity contribution in [2.24, 2.45) is 0 Å². The molecule has 0 aliphatic carbocycles. The van der Waals surface area contributed by atoms with Gasteiger partial charge in [0.2, 0.25) is 0 Å². The first-order valence-electron chi connectivity index (χ1n) is 10.0. The molecule has 28 heavy (non-hydrogen) atoms. The SMILES string of the molecule is CC(C)N(Cc1ccccc1)C(=O)/C(C#N)=C\NC1CC(C)(C)NC(C)(C)C1. The first kappa shape index (κ1) is 22.0. The van der Waals surface area contributed by atoms with Crippen LogP contribution in [-0.4, -0.2) is 34.0 Å². The number of amides is 1. The minimum absolute atomic E-state index is 0.00111. The van der Waals surface area contributed by atoms with Crippen LogP contribution in [0.1, 0.15) is 59.9 Å². The Morgan fingerprint density at radius 3 is 2.32 bits per heavy atom. The summed E-state index contributed by atoms with van der Waals surface area (Å²) in [4.78, 5) is 14.8. The van der Waals surface area contributed by atoms with Gasteiger partial charge in [-0.2, -0.15) is 5.26 Å². The van der Waals surface area contributed by atoms with Crippen molar-refractivity contribution in [3.05, 3.63) is 47.7 Å². The summed E-state index contributed by atoms with van der Waals surface area (Å²) < 4.78 is 0. The number of nitrogens with one attached hydrogen (secondary N) is 2. The van der Waals surface area contributed by atoms with Crippen molar-refractivity contribution < 1.29 is 4.79 Å².